The number of rotatable bonds is 8. The molecule has 2 aromatic heterocycles. The topological polar surface area (TPSA) is 163 Å². The number of aliphatic hydroxyl groups excluding tert-OH is 3. The summed E-state index contributed by atoms with van der Waals surface area (Å²) in [6.07, 6.45) is -1.64. The molecule has 2 saturated heterocycles. The van der Waals surface area contributed by atoms with Gasteiger partial charge in [-0.3, -0.25) is 4.79 Å². The number of hydrogen-bond acceptors (Lipinski definition) is 12. The second kappa shape index (κ2) is 11.7. The Bertz CT molecular complexity index is 1040. The van der Waals surface area contributed by atoms with Gasteiger partial charge in [0.25, 0.3) is 0 Å². The van der Waals surface area contributed by atoms with Crippen LogP contribution in [0, 0.1) is 0 Å². The maximum atomic E-state index is 13.3. The number of ether oxygens (including phenoxy) is 2. The fourth-order valence-corrected chi connectivity index (χ4v) is 7.06. The van der Waals surface area contributed by atoms with Gasteiger partial charge in [-0.25, -0.2) is 9.67 Å². The van der Waals surface area contributed by atoms with Crippen molar-refractivity contribution in [1.29, 1.82) is 0 Å². The Morgan fingerprint density at radius 2 is 2.11 bits per heavy atom. The fourth-order valence-electron chi connectivity index (χ4n) is 4.28. The highest BCUT2D eigenvalue weighted by Gasteiger charge is 2.51. The second-order valence-corrected chi connectivity index (χ2v) is 11.7. The molecule has 12 nitrogen and oxygen atoms in total. The molecule has 1 amide bonds. The van der Waals surface area contributed by atoms with Crippen LogP contribution in [0.1, 0.15) is 25.8 Å². The SMILES string of the molecule is CCN(C)C(=O)[C@@H](S[C@@H]1O[C@H](CO)[C@H](O)[C@H](n2cc(-c3nc(Br)cs3)nn2)[C@H]1O)C1(O)CCOCC1. The van der Waals surface area contributed by atoms with E-state index in [9.17, 15) is 25.2 Å². The van der Waals surface area contributed by atoms with Gasteiger partial charge in [-0.15, -0.1) is 28.2 Å². The van der Waals surface area contributed by atoms with E-state index in [0.29, 0.717) is 35.1 Å². The van der Waals surface area contributed by atoms with Gasteiger partial charge in [-0.05, 0) is 22.9 Å². The monoisotopic (exact) mass is 607 g/mol. The molecule has 4 heterocycles. The molecule has 0 bridgehead atoms. The minimum atomic E-state index is -1.37. The zero-order chi connectivity index (χ0) is 26.0. The molecule has 6 atom stereocenters. The van der Waals surface area contributed by atoms with E-state index in [1.54, 1.807) is 18.6 Å². The maximum absolute atomic E-state index is 13.3. The molecule has 0 saturated carbocycles. The average Bonchev–Trinajstić information content (AvgIpc) is 3.52. The first kappa shape index (κ1) is 27.9. The first-order valence-electron chi connectivity index (χ1n) is 11.5. The van der Waals surface area contributed by atoms with E-state index in [1.165, 1.54) is 20.9 Å². The number of aromatic nitrogens is 4. The molecule has 2 aliphatic heterocycles. The van der Waals surface area contributed by atoms with Crippen molar-refractivity contribution in [2.75, 3.05) is 33.4 Å². The van der Waals surface area contributed by atoms with Crippen LogP contribution in [0.3, 0.4) is 0 Å². The van der Waals surface area contributed by atoms with E-state index >= 15 is 0 Å². The largest absolute Gasteiger partial charge is 0.394 e. The average molecular weight is 609 g/mol. The van der Waals surface area contributed by atoms with Crippen LogP contribution in [-0.2, 0) is 14.3 Å². The number of aliphatic hydroxyl groups is 4. The lowest BCUT2D eigenvalue weighted by Crippen LogP contribution is -2.58. The Morgan fingerprint density at radius 3 is 2.72 bits per heavy atom. The lowest BCUT2D eigenvalue weighted by Gasteiger charge is -2.45. The smallest absolute Gasteiger partial charge is 0.238 e. The quantitative estimate of drug-likeness (QED) is 0.325. The first-order chi connectivity index (χ1) is 17.2. The molecule has 0 aromatic carbocycles. The Hall–Kier alpha value is -1.17. The lowest BCUT2D eigenvalue weighted by atomic mass is 9.89. The zero-order valence-electron chi connectivity index (χ0n) is 19.8. The number of thiazole rings is 1. The Balaban J connectivity index is 1.62. The minimum Gasteiger partial charge on any atom is -0.394 e. The van der Waals surface area contributed by atoms with Crippen LogP contribution < -0.4 is 0 Å². The number of carbonyl (C=O) groups excluding carboxylic acids is 1. The van der Waals surface area contributed by atoms with E-state index < -0.39 is 47.2 Å². The molecular formula is C21H30BrN5O7S2. The van der Waals surface area contributed by atoms with Gasteiger partial charge in [-0.2, -0.15) is 0 Å². The van der Waals surface area contributed by atoms with E-state index in [0.717, 1.165) is 11.8 Å². The summed E-state index contributed by atoms with van der Waals surface area (Å²) in [5.74, 6) is -0.302. The van der Waals surface area contributed by atoms with Crippen LogP contribution in [0.25, 0.3) is 10.7 Å². The zero-order valence-corrected chi connectivity index (χ0v) is 23.0. The van der Waals surface area contributed by atoms with Gasteiger partial charge >= 0.3 is 0 Å². The van der Waals surface area contributed by atoms with Gasteiger partial charge in [0, 0.05) is 45.0 Å². The van der Waals surface area contributed by atoms with Crippen molar-refractivity contribution in [2.45, 2.75) is 60.4 Å². The van der Waals surface area contributed by atoms with Crippen LogP contribution in [0.2, 0.25) is 0 Å². The molecule has 36 heavy (non-hydrogen) atoms. The van der Waals surface area contributed by atoms with Gasteiger partial charge in [0.05, 0.1) is 18.4 Å². The molecule has 0 aliphatic carbocycles. The molecule has 0 radical (unpaired) electrons. The van der Waals surface area contributed by atoms with Crippen molar-refractivity contribution in [3.05, 3.63) is 16.2 Å². The maximum Gasteiger partial charge on any atom is 0.238 e. The molecular weight excluding hydrogens is 578 g/mol. The van der Waals surface area contributed by atoms with E-state index in [4.69, 9.17) is 9.47 Å². The number of halogens is 1. The van der Waals surface area contributed by atoms with E-state index in [1.807, 2.05) is 6.92 Å². The van der Waals surface area contributed by atoms with Crippen molar-refractivity contribution in [2.24, 2.45) is 0 Å². The molecule has 2 fully saturated rings. The van der Waals surface area contributed by atoms with Crippen LogP contribution in [0.5, 0.6) is 0 Å². The third-order valence-corrected chi connectivity index (χ3v) is 9.70. The van der Waals surface area contributed by atoms with E-state index in [2.05, 4.69) is 31.2 Å². The second-order valence-electron chi connectivity index (χ2n) is 8.84. The predicted molar refractivity (Wildman–Crippen MR) is 135 cm³/mol. The molecule has 4 N–H and O–H groups in total. The van der Waals surface area contributed by atoms with Crippen molar-refractivity contribution >= 4 is 44.9 Å². The lowest BCUT2D eigenvalue weighted by molar-refractivity contribution is -0.179. The van der Waals surface area contributed by atoms with Gasteiger partial charge in [0.15, 0.2) is 0 Å². The number of carbonyl (C=O) groups is 1. The molecule has 2 aromatic rings. The van der Waals surface area contributed by atoms with Crippen molar-refractivity contribution in [3.8, 4) is 10.7 Å². The summed E-state index contributed by atoms with van der Waals surface area (Å²) in [6.45, 7) is 2.36. The van der Waals surface area contributed by atoms with Crippen LogP contribution >= 0.6 is 39.0 Å². The standard InChI is InChI=1S/C21H30BrN5O7S2/c1-3-26(2)19(31)17(21(32)4-6-33-7-5-21)36-20-16(30)14(15(29)12(9-28)34-20)27-8-11(24-25-27)18-23-13(22)10-35-18/h8,10,12,14-17,20,28-30,32H,3-7,9H2,1-2H3/t12-,14+,15+,16-,17-,20+/m1/s1. The van der Waals surface area contributed by atoms with Crippen molar-refractivity contribution < 1.29 is 34.7 Å². The van der Waals surface area contributed by atoms with Crippen LogP contribution in [0.4, 0.5) is 0 Å². The first-order valence-corrected chi connectivity index (χ1v) is 14.2. The highest BCUT2D eigenvalue weighted by molar-refractivity contribution is 9.10. The van der Waals surface area contributed by atoms with Gasteiger partial charge in [0.1, 0.15) is 50.3 Å². The molecule has 4 rings (SSSR count). The van der Waals surface area contributed by atoms with E-state index in [-0.39, 0.29) is 18.7 Å². The summed E-state index contributed by atoms with van der Waals surface area (Å²) in [4.78, 5) is 19.1. The number of hydrogen-bond donors (Lipinski definition) is 4. The summed E-state index contributed by atoms with van der Waals surface area (Å²) >= 11 is 5.64. The fraction of sp³-hybridized carbons (Fsp3) is 0.714. The molecule has 0 spiro atoms. The number of nitrogens with zero attached hydrogens (tertiary/aromatic N) is 5. The summed E-state index contributed by atoms with van der Waals surface area (Å²) in [7, 11) is 1.65. The Labute approximate surface area is 224 Å². The minimum absolute atomic E-state index is 0.252. The highest BCUT2D eigenvalue weighted by Crippen LogP contribution is 2.42. The summed E-state index contributed by atoms with van der Waals surface area (Å²) < 4.78 is 13.2. The van der Waals surface area contributed by atoms with Crippen molar-refractivity contribution in [1.82, 2.24) is 24.9 Å². The normalized spacial score (nSPS) is 29.1. The summed E-state index contributed by atoms with van der Waals surface area (Å²) in [5, 5.41) is 53.3. The number of amides is 1. The molecule has 2 aliphatic rings. The summed E-state index contributed by atoms with van der Waals surface area (Å²) in [6, 6.07) is -1.03. The molecule has 200 valence electrons. The predicted octanol–water partition coefficient (Wildman–Crippen LogP) is 0.266. The Kier molecular flexibility index (Phi) is 9.05. The number of thioether (sulfide) groups is 1. The van der Waals surface area contributed by atoms with Gasteiger partial charge in [-0.1, -0.05) is 5.21 Å². The molecule has 15 heteroatoms. The van der Waals surface area contributed by atoms with Crippen LogP contribution in [-0.4, -0.2) is 119 Å². The van der Waals surface area contributed by atoms with Crippen LogP contribution in [0.15, 0.2) is 16.2 Å². The van der Waals surface area contributed by atoms with Gasteiger partial charge < -0.3 is 34.8 Å². The molecule has 0 unspecified atom stereocenters. The summed E-state index contributed by atoms with van der Waals surface area (Å²) in [5.41, 5.74) is -1.97. The third-order valence-electron chi connectivity index (χ3n) is 6.55. The van der Waals surface area contributed by atoms with Crippen molar-refractivity contribution in [3.63, 3.8) is 0 Å². The third kappa shape index (κ3) is 5.63. The van der Waals surface area contributed by atoms with Gasteiger partial charge in [0.2, 0.25) is 5.91 Å². The highest BCUT2D eigenvalue weighted by atomic mass is 79.9. The Morgan fingerprint density at radius 1 is 1.39 bits per heavy atom.